The predicted octanol–water partition coefficient (Wildman–Crippen LogP) is 5.25. The number of alkyl halides is 2. The third-order valence-electron chi connectivity index (χ3n) is 8.46. The number of benzene rings is 4. The van der Waals surface area contributed by atoms with Crippen LogP contribution in [0.1, 0.15) is 0 Å². The van der Waals surface area contributed by atoms with E-state index in [-0.39, 0.29) is 17.8 Å². The summed E-state index contributed by atoms with van der Waals surface area (Å²) in [6, 6.07) is 35.5. The van der Waals surface area contributed by atoms with Gasteiger partial charge in [0.1, 0.15) is 24.4 Å². The van der Waals surface area contributed by atoms with Crippen LogP contribution in [-0.2, 0) is 14.2 Å². The third kappa shape index (κ3) is 9.76. The molecule has 2 aromatic heterocycles. The molecular formula is C40H38Cl4N2O6. The molecular weight excluding hydrogens is 746 g/mol. The topological polar surface area (TPSA) is 77.3 Å². The molecule has 0 saturated carbocycles. The molecule has 12 heteroatoms. The molecule has 2 fully saturated rings. The molecule has 2 saturated heterocycles. The molecule has 0 spiro atoms. The van der Waals surface area contributed by atoms with E-state index in [2.05, 4.69) is 32.4 Å². The smallest absolute Gasteiger partial charge is 0.369 e. The lowest BCUT2D eigenvalue weighted by molar-refractivity contribution is -0.0000124. The molecule has 2 aliphatic heterocycles. The molecule has 52 heavy (non-hydrogen) atoms. The number of halogens is 4. The van der Waals surface area contributed by atoms with Gasteiger partial charge in [-0.05, 0) is 23.3 Å². The van der Waals surface area contributed by atoms with E-state index >= 15 is 0 Å². The van der Waals surface area contributed by atoms with Crippen LogP contribution in [0.5, 0.6) is 0 Å². The molecule has 4 heterocycles. The monoisotopic (exact) mass is 782 g/mol. The molecule has 0 N–H and O–H groups in total. The van der Waals surface area contributed by atoms with Crippen molar-refractivity contribution in [2.24, 2.45) is 0 Å². The number of ether oxygens (including phenoxy) is 3. The predicted molar refractivity (Wildman–Crippen MR) is 206 cm³/mol. The van der Waals surface area contributed by atoms with Gasteiger partial charge in [0.25, 0.3) is 0 Å². The molecule has 272 valence electrons. The minimum absolute atomic E-state index is 0. The van der Waals surface area contributed by atoms with Crippen LogP contribution in [0.3, 0.4) is 0 Å². The van der Waals surface area contributed by atoms with Crippen molar-refractivity contribution >= 4 is 62.6 Å². The fraction of sp³-hybridized carbons (Fsp3) is 0.250. The van der Waals surface area contributed by atoms with E-state index in [1.54, 1.807) is 6.07 Å². The van der Waals surface area contributed by atoms with Crippen molar-refractivity contribution in [1.29, 1.82) is 0 Å². The average molecular weight is 785 g/mol. The number of morpholine rings is 2. The maximum absolute atomic E-state index is 12.5. The lowest BCUT2D eigenvalue weighted by Gasteiger charge is -2.27. The minimum Gasteiger partial charge on any atom is -1.00 e. The first-order chi connectivity index (χ1) is 24.9. The molecule has 0 bridgehead atoms. The van der Waals surface area contributed by atoms with Gasteiger partial charge in [0.15, 0.2) is 24.4 Å². The number of fused-ring (bicyclic) bond motifs is 2. The van der Waals surface area contributed by atoms with Gasteiger partial charge in [0.05, 0.1) is 29.7 Å². The summed E-state index contributed by atoms with van der Waals surface area (Å²) in [6.45, 7) is 5.85. The molecule has 8 rings (SSSR count). The van der Waals surface area contributed by atoms with Gasteiger partial charge in [-0.3, -0.25) is 4.79 Å². The zero-order valence-electron chi connectivity index (χ0n) is 28.5. The Morgan fingerprint density at radius 2 is 1.21 bits per heavy atom. The summed E-state index contributed by atoms with van der Waals surface area (Å²) in [4.78, 5) is 14.6. The van der Waals surface area contributed by atoms with Crippen LogP contribution >= 0.6 is 34.8 Å². The molecule has 4 aromatic carbocycles. The highest BCUT2D eigenvalue weighted by Crippen LogP contribution is 2.32. The Morgan fingerprint density at radius 3 is 1.77 bits per heavy atom. The Balaban J connectivity index is 0.000000175. The van der Waals surface area contributed by atoms with Crippen molar-refractivity contribution in [3.8, 4) is 22.3 Å². The van der Waals surface area contributed by atoms with E-state index in [0.29, 0.717) is 48.3 Å². The van der Waals surface area contributed by atoms with Crippen LogP contribution in [0, 0.1) is 0 Å². The molecule has 0 unspecified atom stereocenters. The largest absolute Gasteiger partial charge is 1.00 e. The number of rotatable bonds is 4. The van der Waals surface area contributed by atoms with Crippen molar-refractivity contribution in [3.63, 3.8) is 0 Å². The Bertz CT molecular complexity index is 2180. The number of methoxy groups -OCH3 is 1. The standard InChI is InChI=1S/C19H17ClNO2.C19H17NO3.C2H4Cl2O.ClH/c20-17-13-18(21-9-11-22-12-10-21)23-19-15(7-4-8-16(17)19)14-5-2-1-3-6-14;21-17-13-18(20-9-11-22-12-10-20)23-19-15(7-4-8-16(17)19)14-5-2-1-3-6-14;1-5-2(3)4;/h2*1-8,13H,9-12H2;2H,1H3;1H/q+1;;;/p-1. The lowest BCUT2D eigenvalue weighted by atomic mass is 10.0. The second kappa shape index (κ2) is 19.3. The van der Waals surface area contributed by atoms with Crippen LogP contribution in [0.2, 0.25) is 5.02 Å². The SMILES string of the molecule is COC(Cl)Cl.Clc1cc(=[N+]2CCOCC2)oc2c(-c3ccccc3)cccc12.O=c1cc(N2CCOCC2)oc2c(-c3ccccc3)cccc12.[Cl-]. The van der Waals surface area contributed by atoms with Crippen molar-refractivity contribution in [2.45, 2.75) is 5.02 Å². The van der Waals surface area contributed by atoms with Gasteiger partial charge in [-0.25, -0.2) is 0 Å². The molecule has 0 radical (unpaired) electrons. The van der Waals surface area contributed by atoms with Gasteiger partial charge in [-0.15, -0.1) is 0 Å². The molecule has 0 aliphatic carbocycles. The van der Waals surface area contributed by atoms with Crippen LogP contribution in [0.15, 0.2) is 123 Å². The van der Waals surface area contributed by atoms with E-state index in [4.69, 9.17) is 53.1 Å². The normalized spacial score (nSPS) is 14.2. The zero-order chi connectivity index (χ0) is 35.6. The lowest BCUT2D eigenvalue weighted by Crippen LogP contribution is -3.00. The molecule has 6 aromatic rings. The molecule has 0 amide bonds. The van der Waals surface area contributed by atoms with Crippen molar-refractivity contribution in [1.82, 2.24) is 4.58 Å². The van der Waals surface area contributed by atoms with Gasteiger partial charge < -0.3 is 40.4 Å². The Hall–Kier alpha value is -3.86. The van der Waals surface area contributed by atoms with Crippen LogP contribution in [0.4, 0.5) is 5.88 Å². The second-order valence-corrected chi connectivity index (χ2v) is 13.1. The highest BCUT2D eigenvalue weighted by atomic mass is 35.5. The number of nitrogens with zero attached hydrogens (tertiary/aromatic N) is 2. The Morgan fingerprint density at radius 1 is 0.692 bits per heavy atom. The quantitative estimate of drug-likeness (QED) is 0.179. The number of para-hydroxylation sites is 2. The van der Waals surface area contributed by atoms with E-state index < -0.39 is 5.02 Å². The summed E-state index contributed by atoms with van der Waals surface area (Å²) in [5.41, 5.74) is 6.42. The van der Waals surface area contributed by atoms with Crippen LogP contribution < -0.4 is 32.9 Å². The third-order valence-corrected chi connectivity index (χ3v) is 9.13. The first-order valence-corrected chi connectivity index (χ1v) is 17.9. The summed E-state index contributed by atoms with van der Waals surface area (Å²) in [7, 11) is 1.44. The van der Waals surface area contributed by atoms with Gasteiger partial charge in [-0.1, -0.05) is 120 Å². The van der Waals surface area contributed by atoms with E-state index in [1.165, 1.54) is 7.11 Å². The Kier molecular flexibility index (Phi) is 14.6. The highest BCUT2D eigenvalue weighted by Gasteiger charge is 2.18. The van der Waals surface area contributed by atoms with E-state index in [1.807, 2.05) is 84.9 Å². The summed E-state index contributed by atoms with van der Waals surface area (Å²) >= 11 is 16.5. The van der Waals surface area contributed by atoms with Gasteiger partial charge in [0.2, 0.25) is 5.02 Å². The number of hydrogen-bond donors (Lipinski definition) is 0. The first kappa shape index (κ1) is 39.3. The zero-order valence-corrected chi connectivity index (χ0v) is 31.5. The molecule has 8 nitrogen and oxygen atoms in total. The highest BCUT2D eigenvalue weighted by molar-refractivity contribution is 6.43. The van der Waals surface area contributed by atoms with Crippen molar-refractivity contribution in [2.75, 3.05) is 64.6 Å². The molecule has 0 atom stereocenters. The van der Waals surface area contributed by atoms with Gasteiger partial charge >= 0.3 is 5.55 Å². The summed E-state index contributed by atoms with van der Waals surface area (Å²) in [5, 5.41) is 1.59. The van der Waals surface area contributed by atoms with Crippen molar-refractivity contribution < 1.29 is 35.5 Å². The number of anilines is 1. The summed E-state index contributed by atoms with van der Waals surface area (Å²) in [5.74, 6) is 0.620. The number of hydrogen-bond acceptors (Lipinski definition) is 7. The Labute approximate surface area is 323 Å². The van der Waals surface area contributed by atoms with E-state index in [0.717, 1.165) is 65.0 Å². The maximum Gasteiger partial charge on any atom is 0.369 e. The van der Waals surface area contributed by atoms with Gasteiger partial charge in [-0.2, -0.15) is 4.58 Å². The first-order valence-electron chi connectivity index (χ1n) is 16.6. The minimum atomic E-state index is -0.671. The maximum atomic E-state index is 12.5. The van der Waals surface area contributed by atoms with Crippen molar-refractivity contribution in [3.05, 3.63) is 130 Å². The summed E-state index contributed by atoms with van der Waals surface area (Å²) in [6.07, 6.45) is 0. The van der Waals surface area contributed by atoms with E-state index in [9.17, 15) is 4.79 Å². The van der Waals surface area contributed by atoms with Gasteiger partial charge in [0, 0.05) is 42.8 Å². The molecule has 2 aliphatic rings. The van der Waals surface area contributed by atoms with Crippen LogP contribution in [-0.4, -0.2) is 64.7 Å². The van der Waals surface area contributed by atoms with Crippen LogP contribution in [0.25, 0.3) is 44.2 Å². The fourth-order valence-electron chi connectivity index (χ4n) is 5.89. The fourth-order valence-corrected chi connectivity index (χ4v) is 6.13. The summed E-state index contributed by atoms with van der Waals surface area (Å²) < 4.78 is 29.6. The second-order valence-electron chi connectivity index (χ2n) is 11.7. The average Bonchev–Trinajstić information content (AvgIpc) is 3.19.